The van der Waals surface area contributed by atoms with Crippen molar-refractivity contribution < 1.29 is 27.9 Å². The van der Waals surface area contributed by atoms with E-state index in [0.29, 0.717) is 17.8 Å². The van der Waals surface area contributed by atoms with Crippen molar-refractivity contribution in [3.05, 3.63) is 62.9 Å². The van der Waals surface area contributed by atoms with E-state index in [0.717, 1.165) is 0 Å². The second-order valence-electron chi connectivity index (χ2n) is 7.55. The van der Waals surface area contributed by atoms with E-state index in [1.54, 1.807) is 23.7 Å². The van der Waals surface area contributed by atoms with Crippen LogP contribution < -0.4 is 15.9 Å². The lowest BCUT2D eigenvalue weighted by molar-refractivity contribution is -0.150. The zero-order valence-electron chi connectivity index (χ0n) is 17.6. The fourth-order valence-electron chi connectivity index (χ4n) is 3.74. The monoisotopic (exact) mass is 465 g/mol. The lowest BCUT2D eigenvalue weighted by atomic mass is 10.2. The summed E-state index contributed by atoms with van der Waals surface area (Å²) in [6.45, 7) is 3.27. The molecule has 0 saturated carbocycles. The molecular weight excluding hydrogens is 441 g/mol. The number of ether oxygens (including phenoxy) is 2. The molecule has 0 bridgehead atoms. The number of hydrogen-bond acceptors (Lipinski definition) is 8. The Morgan fingerprint density at radius 1 is 1.28 bits per heavy atom. The lowest BCUT2D eigenvalue weighted by Gasteiger charge is -2.26. The number of aromatic nitrogens is 2. The molecule has 1 aromatic heterocycles. The number of esters is 1. The third-order valence-electron chi connectivity index (χ3n) is 5.26. The van der Waals surface area contributed by atoms with Gasteiger partial charge in [-0.05, 0) is 19.1 Å². The van der Waals surface area contributed by atoms with Gasteiger partial charge in [0.25, 0.3) is 5.56 Å². The predicted octanol–water partition coefficient (Wildman–Crippen LogP) is 1.73. The maximum absolute atomic E-state index is 13.3. The smallest absolute Gasteiger partial charge is 0.435 e. The van der Waals surface area contributed by atoms with E-state index in [9.17, 15) is 18.9 Å². The predicted molar refractivity (Wildman–Crippen MR) is 113 cm³/mol. The second kappa shape index (κ2) is 9.03. The Bertz CT molecular complexity index is 1150. The highest BCUT2D eigenvalue weighted by Gasteiger charge is 2.44. The average molecular weight is 465 g/mol. The molecule has 2 aliphatic rings. The first kappa shape index (κ1) is 22.5. The molecule has 2 saturated heterocycles. The normalized spacial score (nSPS) is 27.6. The number of hydrogen-bond donors (Lipinski definition) is 1. The fourth-order valence-corrected chi connectivity index (χ4v) is 5.48. The molecule has 2 aliphatic heterocycles. The number of aromatic amines is 1. The fraction of sp³-hybridized carbons (Fsp3) is 0.450. The van der Waals surface area contributed by atoms with Gasteiger partial charge in [0.15, 0.2) is 0 Å². The van der Waals surface area contributed by atoms with Crippen LogP contribution in [0, 0.1) is 6.92 Å². The summed E-state index contributed by atoms with van der Waals surface area (Å²) in [6.07, 6.45) is -0.787. The number of H-pyrrole nitrogens is 1. The van der Waals surface area contributed by atoms with Crippen LogP contribution in [0.5, 0.6) is 0 Å². The number of carbonyl (C=O) groups excluding carboxylic acids is 1. The van der Waals surface area contributed by atoms with E-state index < -0.39 is 43.4 Å². The maximum atomic E-state index is 13.3. The highest BCUT2D eigenvalue weighted by molar-refractivity contribution is 7.56. The molecule has 11 nitrogen and oxygen atoms in total. The van der Waals surface area contributed by atoms with Gasteiger partial charge in [0.05, 0.1) is 19.8 Å². The second-order valence-corrected chi connectivity index (χ2v) is 9.48. The van der Waals surface area contributed by atoms with Gasteiger partial charge >= 0.3 is 19.4 Å². The minimum atomic E-state index is -3.63. The number of nitrogens with zero attached hydrogens (tertiary/aromatic N) is 2. The molecule has 2 aromatic rings. The number of rotatable bonds is 6. The lowest BCUT2D eigenvalue weighted by Crippen LogP contribution is -2.33. The van der Waals surface area contributed by atoms with Crippen molar-refractivity contribution >= 4 is 19.4 Å². The van der Waals surface area contributed by atoms with Crippen LogP contribution in [-0.2, 0) is 27.9 Å². The average Bonchev–Trinajstić information content (AvgIpc) is 3.33. The Morgan fingerprint density at radius 2 is 2.03 bits per heavy atom. The minimum absolute atomic E-state index is 0.159. The van der Waals surface area contributed by atoms with E-state index in [1.165, 1.54) is 17.7 Å². The van der Waals surface area contributed by atoms with Gasteiger partial charge < -0.3 is 9.47 Å². The summed E-state index contributed by atoms with van der Waals surface area (Å²) in [7, 11) is -3.63. The summed E-state index contributed by atoms with van der Waals surface area (Å²) >= 11 is 0. The van der Waals surface area contributed by atoms with Gasteiger partial charge in [-0.2, -0.15) is 0 Å². The van der Waals surface area contributed by atoms with Crippen molar-refractivity contribution in [2.75, 3.05) is 24.4 Å². The van der Waals surface area contributed by atoms with Crippen LogP contribution in [0.3, 0.4) is 0 Å². The molecular formula is C20H24N3O8P. The van der Waals surface area contributed by atoms with Crippen LogP contribution in [0.1, 0.15) is 25.1 Å². The van der Waals surface area contributed by atoms with Gasteiger partial charge in [-0.1, -0.05) is 18.2 Å². The molecule has 1 N–H and O–H groups in total. The summed E-state index contributed by atoms with van der Waals surface area (Å²) in [4.78, 5) is 37.7. The number of anilines is 1. The van der Waals surface area contributed by atoms with Gasteiger partial charge in [-0.25, -0.2) is 9.36 Å². The Kier molecular flexibility index (Phi) is 6.34. The highest BCUT2D eigenvalue weighted by Crippen LogP contribution is 2.57. The quantitative estimate of drug-likeness (QED) is 0.501. The van der Waals surface area contributed by atoms with E-state index in [4.69, 9.17) is 18.5 Å². The van der Waals surface area contributed by atoms with E-state index in [2.05, 4.69) is 4.98 Å². The molecule has 0 spiro atoms. The molecule has 12 heteroatoms. The molecule has 0 radical (unpaired) electrons. The molecule has 172 valence electrons. The largest absolute Gasteiger partial charge is 0.460 e. The van der Waals surface area contributed by atoms with Crippen molar-refractivity contribution in [3.63, 3.8) is 0 Å². The van der Waals surface area contributed by atoms with Crippen LogP contribution in [0.15, 0.2) is 46.1 Å². The number of nitrogens with one attached hydrogen (secondary N) is 1. The van der Waals surface area contributed by atoms with Crippen LogP contribution in [0.4, 0.5) is 5.69 Å². The number of aryl methyl sites for hydroxylation is 1. The Labute approximate surface area is 183 Å². The molecule has 0 amide bonds. The van der Waals surface area contributed by atoms with Crippen molar-refractivity contribution in [3.8, 4) is 0 Å². The Hall–Kier alpha value is -2.72. The van der Waals surface area contributed by atoms with Crippen molar-refractivity contribution in [2.45, 2.75) is 38.7 Å². The molecule has 1 aromatic carbocycles. The Balaban J connectivity index is 1.52. The summed E-state index contributed by atoms with van der Waals surface area (Å²) < 4.78 is 38.6. The van der Waals surface area contributed by atoms with Crippen LogP contribution in [0.25, 0.3) is 0 Å². The maximum Gasteiger partial charge on any atom is 0.435 e. The van der Waals surface area contributed by atoms with Gasteiger partial charge in [0.2, 0.25) is 0 Å². The first-order valence-electron chi connectivity index (χ1n) is 10.1. The third kappa shape index (κ3) is 4.56. The first-order chi connectivity index (χ1) is 15.3. The number of benzene rings is 1. The molecule has 1 unspecified atom stereocenters. The highest BCUT2D eigenvalue weighted by atomic mass is 31.2. The van der Waals surface area contributed by atoms with Gasteiger partial charge in [-0.15, -0.1) is 0 Å². The number of carbonyl (C=O) groups is 1. The van der Waals surface area contributed by atoms with Crippen molar-refractivity contribution in [2.24, 2.45) is 0 Å². The zero-order chi connectivity index (χ0) is 22.9. The molecule has 4 rings (SSSR count). The zero-order valence-corrected chi connectivity index (χ0v) is 18.5. The summed E-state index contributed by atoms with van der Waals surface area (Å²) in [5.41, 5.74) is -0.0985. The number of para-hydroxylation sites is 1. The molecule has 4 atom stereocenters. The molecule has 0 aliphatic carbocycles. The summed E-state index contributed by atoms with van der Waals surface area (Å²) in [5.74, 6) is -0.524. The van der Waals surface area contributed by atoms with Crippen LogP contribution >= 0.6 is 7.75 Å². The van der Waals surface area contributed by atoms with Gasteiger partial charge in [0.1, 0.15) is 18.4 Å². The molecule has 3 heterocycles. The first-order valence-corrected chi connectivity index (χ1v) is 11.6. The van der Waals surface area contributed by atoms with Crippen molar-refractivity contribution in [1.82, 2.24) is 9.55 Å². The minimum Gasteiger partial charge on any atom is -0.460 e. The molecule has 32 heavy (non-hydrogen) atoms. The van der Waals surface area contributed by atoms with Crippen molar-refractivity contribution in [1.29, 1.82) is 0 Å². The molecule has 2 fully saturated rings. The third-order valence-corrected chi connectivity index (χ3v) is 7.27. The topological polar surface area (TPSA) is 129 Å². The standard InChI is InChI=1S/C20H24N3O8P/c1-13-11-22(20(26)21-19(13)25)18-10-16(30-14(2)24)17(31-18)12-29-32(27)23(8-9-28-32)15-6-4-3-5-7-15/h3-7,11,16-18H,8-10,12H2,1-2H3,(H,21,25,26)/t16-,17+,18+,32?/m0/s1. The van der Waals surface area contributed by atoms with Gasteiger partial charge in [-0.3, -0.25) is 32.9 Å². The van der Waals surface area contributed by atoms with E-state index in [-0.39, 0.29) is 19.6 Å². The van der Waals surface area contributed by atoms with E-state index in [1.807, 2.05) is 18.2 Å². The van der Waals surface area contributed by atoms with Crippen LogP contribution in [0.2, 0.25) is 0 Å². The Morgan fingerprint density at radius 3 is 2.75 bits per heavy atom. The summed E-state index contributed by atoms with van der Waals surface area (Å²) in [6, 6.07) is 9.11. The van der Waals surface area contributed by atoms with Gasteiger partial charge in [0, 0.05) is 30.8 Å². The SMILES string of the molecule is CC(=O)O[C@H]1C[C@H](n2cc(C)c(=O)[nH]c2=O)O[C@@H]1COP1(=O)OCCN1c1ccccc1. The van der Waals surface area contributed by atoms with Crippen LogP contribution in [-0.4, -0.2) is 47.5 Å². The van der Waals surface area contributed by atoms with E-state index >= 15 is 0 Å². The summed E-state index contributed by atoms with van der Waals surface area (Å²) in [5, 5.41) is 0.